The van der Waals surface area contributed by atoms with Gasteiger partial charge in [0, 0.05) is 37.6 Å². The summed E-state index contributed by atoms with van der Waals surface area (Å²) in [6, 6.07) is 12.6. The monoisotopic (exact) mass is 396 g/mol. The molecule has 1 aliphatic rings. The van der Waals surface area contributed by atoms with Crippen LogP contribution >= 0.6 is 0 Å². The van der Waals surface area contributed by atoms with E-state index < -0.39 is 9.85 Å². The van der Waals surface area contributed by atoms with Crippen LogP contribution in [0.15, 0.2) is 52.9 Å². The van der Waals surface area contributed by atoms with Crippen LogP contribution in [0.2, 0.25) is 0 Å². The minimum Gasteiger partial charge on any atom is -0.451 e. The maximum Gasteiger partial charge on any atom is 0.299 e. The van der Waals surface area contributed by atoms with Crippen molar-refractivity contribution in [3.63, 3.8) is 0 Å². The van der Waals surface area contributed by atoms with Crippen molar-refractivity contribution in [2.45, 2.75) is 0 Å². The molecule has 0 bridgehead atoms. The van der Waals surface area contributed by atoms with Gasteiger partial charge in [-0.15, -0.1) is 0 Å². The third kappa shape index (κ3) is 3.47. The Morgan fingerprint density at radius 1 is 0.931 bits per heavy atom. The topological polar surface area (TPSA) is 123 Å². The molecule has 3 aromatic rings. The molecule has 0 radical (unpaired) electrons. The summed E-state index contributed by atoms with van der Waals surface area (Å²) in [5.74, 6) is 0.0139. The number of nitro benzene ring substituents is 2. The molecule has 0 aliphatic carbocycles. The van der Waals surface area contributed by atoms with Gasteiger partial charge in [0.05, 0.1) is 15.9 Å². The van der Waals surface area contributed by atoms with Gasteiger partial charge in [-0.3, -0.25) is 25.0 Å². The molecule has 29 heavy (non-hydrogen) atoms. The molecule has 1 aromatic heterocycles. The second-order valence-electron chi connectivity index (χ2n) is 6.61. The number of carbonyl (C=O) groups excluding carboxylic acids is 1. The lowest BCUT2D eigenvalue weighted by molar-refractivity contribution is -0.393. The predicted molar refractivity (Wildman–Crippen MR) is 104 cm³/mol. The fourth-order valence-electron chi connectivity index (χ4n) is 3.43. The van der Waals surface area contributed by atoms with E-state index >= 15 is 0 Å². The number of hydrogen-bond acceptors (Lipinski definition) is 7. The van der Waals surface area contributed by atoms with E-state index in [4.69, 9.17) is 4.42 Å². The van der Waals surface area contributed by atoms with Crippen LogP contribution in [0.4, 0.5) is 17.1 Å². The summed E-state index contributed by atoms with van der Waals surface area (Å²) in [6.07, 6.45) is 0. The van der Waals surface area contributed by atoms with Crippen molar-refractivity contribution in [1.29, 1.82) is 0 Å². The molecule has 2 heterocycles. The first-order valence-electron chi connectivity index (χ1n) is 8.89. The Kier molecular flexibility index (Phi) is 4.59. The van der Waals surface area contributed by atoms with E-state index in [1.165, 1.54) is 12.1 Å². The van der Waals surface area contributed by atoms with Crippen molar-refractivity contribution in [2.24, 2.45) is 0 Å². The zero-order chi connectivity index (χ0) is 20.5. The SMILES string of the molecule is O=C(c1cc2ccccc2o1)N1CCN(c2ccc([N+](=O)[O-])cc2[N+](=O)[O-])CC1. The first-order valence-corrected chi connectivity index (χ1v) is 8.89. The summed E-state index contributed by atoms with van der Waals surface area (Å²) in [6.45, 7) is 1.43. The number of non-ortho nitro benzene ring substituents is 1. The lowest BCUT2D eigenvalue weighted by Crippen LogP contribution is -2.48. The Labute approximate surface area is 164 Å². The number of carbonyl (C=O) groups is 1. The van der Waals surface area contributed by atoms with Crippen LogP contribution in [0, 0.1) is 20.2 Å². The smallest absolute Gasteiger partial charge is 0.299 e. The summed E-state index contributed by atoms with van der Waals surface area (Å²) in [5.41, 5.74) is 0.280. The first-order chi connectivity index (χ1) is 13.9. The van der Waals surface area contributed by atoms with E-state index in [2.05, 4.69) is 0 Å². The lowest BCUT2D eigenvalue weighted by Gasteiger charge is -2.35. The van der Waals surface area contributed by atoms with Crippen molar-refractivity contribution in [3.8, 4) is 0 Å². The number of rotatable bonds is 4. The van der Waals surface area contributed by atoms with Gasteiger partial charge in [0.1, 0.15) is 11.3 Å². The van der Waals surface area contributed by atoms with Crippen LogP contribution in [0.1, 0.15) is 10.6 Å². The van der Waals surface area contributed by atoms with Gasteiger partial charge in [-0.2, -0.15) is 0 Å². The van der Waals surface area contributed by atoms with Gasteiger partial charge in [0.2, 0.25) is 0 Å². The van der Waals surface area contributed by atoms with Gasteiger partial charge in [-0.1, -0.05) is 18.2 Å². The second-order valence-corrected chi connectivity index (χ2v) is 6.61. The molecule has 1 amide bonds. The van der Waals surface area contributed by atoms with Gasteiger partial charge in [0.25, 0.3) is 17.3 Å². The van der Waals surface area contributed by atoms with Crippen molar-refractivity contribution < 1.29 is 19.1 Å². The van der Waals surface area contributed by atoms with Gasteiger partial charge < -0.3 is 14.2 Å². The van der Waals surface area contributed by atoms with Crippen LogP contribution in [0.5, 0.6) is 0 Å². The number of anilines is 1. The van der Waals surface area contributed by atoms with E-state index in [0.29, 0.717) is 37.4 Å². The standard InChI is InChI=1S/C19H16N4O6/c24-19(18-11-13-3-1-2-4-17(13)29-18)21-9-7-20(8-10-21)15-6-5-14(22(25)26)12-16(15)23(27)28/h1-6,11-12H,7-10H2. The molecule has 0 saturated carbocycles. The highest BCUT2D eigenvalue weighted by Crippen LogP contribution is 2.32. The Balaban J connectivity index is 1.50. The van der Waals surface area contributed by atoms with E-state index in [0.717, 1.165) is 11.5 Å². The minimum absolute atomic E-state index is 0.237. The summed E-state index contributed by atoms with van der Waals surface area (Å²) in [7, 11) is 0. The Morgan fingerprint density at radius 3 is 2.31 bits per heavy atom. The lowest BCUT2D eigenvalue weighted by atomic mass is 10.2. The Hall–Kier alpha value is -3.95. The number of fused-ring (bicyclic) bond motifs is 1. The number of nitro groups is 2. The second kappa shape index (κ2) is 7.23. The summed E-state index contributed by atoms with van der Waals surface area (Å²) in [4.78, 5) is 37.1. The molecule has 4 rings (SSSR count). The zero-order valence-electron chi connectivity index (χ0n) is 15.2. The highest BCUT2D eigenvalue weighted by molar-refractivity contribution is 5.96. The maximum atomic E-state index is 12.7. The van der Waals surface area contributed by atoms with Crippen LogP contribution < -0.4 is 4.90 Å². The third-order valence-corrected chi connectivity index (χ3v) is 4.91. The summed E-state index contributed by atoms with van der Waals surface area (Å²) in [5, 5.41) is 23.1. The van der Waals surface area contributed by atoms with E-state index in [-0.39, 0.29) is 23.0 Å². The fourth-order valence-corrected chi connectivity index (χ4v) is 3.43. The molecule has 2 aromatic carbocycles. The normalized spacial score (nSPS) is 14.2. The van der Waals surface area contributed by atoms with Crippen molar-refractivity contribution in [1.82, 2.24) is 4.90 Å². The molecular formula is C19H16N4O6. The van der Waals surface area contributed by atoms with Gasteiger partial charge in [-0.05, 0) is 18.2 Å². The Bertz CT molecular complexity index is 1080. The average molecular weight is 396 g/mol. The van der Waals surface area contributed by atoms with Crippen molar-refractivity contribution in [2.75, 3.05) is 31.1 Å². The molecule has 0 spiro atoms. The fraction of sp³-hybridized carbons (Fsp3) is 0.211. The number of furan rings is 1. The largest absolute Gasteiger partial charge is 0.451 e. The highest BCUT2D eigenvalue weighted by atomic mass is 16.6. The number of hydrogen-bond donors (Lipinski definition) is 0. The first kappa shape index (κ1) is 18.4. The molecule has 1 fully saturated rings. The van der Waals surface area contributed by atoms with Crippen LogP contribution in [-0.4, -0.2) is 46.8 Å². The molecule has 148 valence electrons. The van der Waals surface area contributed by atoms with Crippen molar-refractivity contribution >= 4 is 33.9 Å². The number of piperazine rings is 1. The third-order valence-electron chi connectivity index (χ3n) is 4.91. The van der Waals surface area contributed by atoms with E-state index in [1.54, 1.807) is 21.9 Å². The molecule has 0 N–H and O–H groups in total. The maximum absolute atomic E-state index is 12.7. The van der Waals surface area contributed by atoms with Crippen LogP contribution in [0.25, 0.3) is 11.0 Å². The van der Waals surface area contributed by atoms with Crippen molar-refractivity contribution in [3.05, 3.63) is 74.5 Å². The zero-order valence-corrected chi connectivity index (χ0v) is 15.2. The molecule has 1 aliphatic heterocycles. The molecular weight excluding hydrogens is 380 g/mol. The molecule has 10 nitrogen and oxygen atoms in total. The highest BCUT2D eigenvalue weighted by Gasteiger charge is 2.29. The van der Waals surface area contributed by atoms with Gasteiger partial charge >= 0.3 is 0 Å². The number of benzene rings is 2. The molecule has 10 heteroatoms. The van der Waals surface area contributed by atoms with Gasteiger partial charge in [-0.25, -0.2) is 0 Å². The predicted octanol–water partition coefficient (Wildman–Crippen LogP) is 3.21. The average Bonchev–Trinajstić information content (AvgIpc) is 3.17. The van der Waals surface area contributed by atoms with E-state index in [1.807, 2.05) is 18.2 Å². The number of amides is 1. The Morgan fingerprint density at radius 2 is 1.66 bits per heavy atom. The molecule has 0 atom stereocenters. The summed E-state index contributed by atoms with van der Waals surface area (Å²) >= 11 is 0. The summed E-state index contributed by atoms with van der Waals surface area (Å²) < 4.78 is 5.62. The van der Waals surface area contributed by atoms with Gasteiger partial charge in [0.15, 0.2) is 5.76 Å². The minimum atomic E-state index is -0.666. The number of para-hydroxylation sites is 1. The van der Waals surface area contributed by atoms with Crippen LogP contribution in [-0.2, 0) is 0 Å². The molecule has 1 saturated heterocycles. The van der Waals surface area contributed by atoms with Crippen LogP contribution in [0.3, 0.4) is 0 Å². The van der Waals surface area contributed by atoms with E-state index in [9.17, 15) is 25.0 Å². The number of nitrogens with zero attached hydrogens (tertiary/aromatic N) is 4. The quantitative estimate of drug-likeness (QED) is 0.490. The molecule has 0 unspecified atom stereocenters.